The molecule has 12 heteroatoms. The van der Waals surface area contributed by atoms with Crippen LogP contribution in [0, 0.1) is 11.6 Å². The zero-order chi connectivity index (χ0) is 25.0. The van der Waals surface area contributed by atoms with Crippen LogP contribution in [-0.4, -0.2) is 26.6 Å². The molecule has 2 aliphatic heterocycles. The molecule has 35 heavy (non-hydrogen) atoms. The summed E-state index contributed by atoms with van der Waals surface area (Å²) < 4.78 is 79.7. The van der Waals surface area contributed by atoms with E-state index in [1.54, 1.807) is 10.6 Å². The lowest BCUT2D eigenvalue weighted by atomic mass is 10.0. The van der Waals surface area contributed by atoms with E-state index in [1.165, 1.54) is 0 Å². The van der Waals surface area contributed by atoms with E-state index in [9.17, 15) is 26.7 Å². The van der Waals surface area contributed by atoms with E-state index in [0.717, 1.165) is 43.8 Å². The molecule has 1 aromatic carbocycles. The van der Waals surface area contributed by atoms with Gasteiger partial charge in [0.2, 0.25) is 5.88 Å². The van der Waals surface area contributed by atoms with Crippen molar-refractivity contribution in [3.05, 3.63) is 69.9 Å². The third-order valence-electron chi connectivity index (χ3n) is 6.18. The molecule has 0 spiro atoms. The standard InChI is InChI=1S/C23H19F5N4O3/c1-22-4-2-6-32(22)19-10-18(30-21(33)31(19)12-22)34-11-13-7-15(24)20(16(25)8-13)35-14-3-5-29-17(9-14)23(26,27)28/h3,5,7-10H,2,4,6,11-12H2,1H3. The van der Waals surface area contributed by atoms with Crippen molar-refractivity contribution in [2.45, 2.75) is 44.6 Å². The Kier molecular flexibility index (Phi) is 5.41. The smallest absolute Gasteiger partial charge is 0.433 e. The number of rotatable bonds is 5. The summed E-state index contributed by atoms with van der Waals surface area (Å²) in [5.74, 6) is -2.85. The summed E-state index contributed by atoms with van der Waals surface area (Å²) in [6.07, 6.45) is -1.95. The fourth-order valence-corrected chi connectivity index (χ4v) is 4.54. The van der Waals surface area contributed by atoms with E-state index in [4.69, 9.17) is 9.47 Å². The third-order valence-corrected chi connectivity index (χ3v) is 6.18. The second kappa shape index (κ2) is 8.21. The zero-order valence-corrected chi connectivity index (χ0v) is 18.4. The highest BCUT2D eigenvalue weighted by molar-refractivity contribution is 5.50. The molecule has 5 rings (SSSR count). The molecular formula is C23H19F5N4O3. The van der Waals surface area contributed by atoms with Crippen molar-refractivity contribution in [3.8, 4) is 17.4 Å². The van der Waals surface area contributed by atoms with E-state index in [1.807, 2.05) is 0 Å². The number of fused-ring (bicyclic) bond motifs is 3. The molecular weight excluding hydrogens is 475 g/mol. The Hall–Kier alpha value is -3.70. The number of pyridine rings is 1. The van der Waals surface area contributed by atoms with Crippen LogP contribution in [-0.2, 0) is 19.3 Å². The van der Waals surface area contributed by atoms with E-state index >= 15 is 0 Å². The second-order valence-corrected chi connectivity index (χ2v) is 8.73. The number of anilines is 1. The summed E-state index contributed by atoms with van der Waals surface area (Å²) in [5.41, 5.74) is -1.80. The van der Waals surface area contributed by atoms with Gasteiger partial charge in [-0.25, -0.2) is 13.6 Å². The average Bonchev–Trinajstić information content (AvgIpc) is 3.29. The first-order valence-electron chi connectivity index (χ1n) is 10.7. The van der Waals surface area contributed by atoms with Crippen LogP contribution in [0.4, 0.5) is 27.8 Å². The highest BCUT2D eigenvalue weighted by atomic mass is 19.4. The molecule has 0 radical (unpaired) electrons. The fraction of sp³-hybridized carbons (Fsp3) is 0.348. The monoisotopic (exact) mass is 494 g/mol. The number of hydrogen-bond donors (Lipinski definition) is 0. The molecule has 1 saturated heterocycles. The van der Waals surface area contributed by atoms with Crippen LogP contribution in [0.15, 0.2) is 41.3 Å². The third kappa shape index (κ3) is 4.28. The summed E-state index contributed by atoms with van der Waals surface area (Å²) in [6, 6.07) is 5.09. The van der Waals surface area contributed by atoms with Crippen LogP contribution in [0.2, 0.25) is 0 Å². The topological polar surface area (TPSA) is 69.5 Å². The van der Waals surface area contributed by atoms with Gasteiger partial charge in [-0.1, -0.05) is 0 Å². The Labute approximate surface area is 195 Å². The molecule has 1 atom stereocenters. The Bertz CT molecular complexity index is 1340. The van der Waals surface area contributed by atoms with Gasteiger partial charge < -0.3 is 14.4 Å². The molecule has 0 bridgehead atoms. The van der Waals surface area contributed by atoms with Crippen molar-refractivity contribution in [1.29, 1.82) is 0 Å². The van der Waals surface area contributed by atoms with Gasteiger partial charge in [0.15, 0.2) is 17.4 Å². The Morgan fingerprint density at radius 3 is 2.60 bits per heavy atom. The van der Waals surface area contributed by atoms with Crippen molar-refractivity contribution in [3.63, 3.8) is 0 Å². The van der Waals surface area contributed by atoms with Crippen LogP contribution < -0.4 is 20.1 Å². The molecule has 2 aliphatic rings. The summed E-state index contributed by atoms with van der Waals surface area (Å²) in [5, 5.41) is 0. The first kappa shape index (κ1) is 23.1. The van der Waals surface area contributed by atoms with Gasteiger partial charge in [0.25, 0.3) is 0 Å². The molecule has 0 saturated carbocycles. The van der Waals surface area contributed by atoms with Crippen LogP contribution in [0.1, 0.15) is 31.0 Å². The Morgan fingerprint density at radius 2 is 1.89 bits per heavy atom. The van der Waals surface area contributed by atoms with Gasteiger partial charge in [0.1, 0.15) is 23.9 Å². The first-order chi connectivity index (χ1) is 16.5. The molecule has 1 unspecified atom stereocenters. The van der Waals surface area contributed by atoms with Gasteiger partial charge in [-0.05, 0) is 43.5 Å². The van der Waals surface area contributed by atoms with E-state index in [0.29, 0.717) is 18.4 Å². The molecule has 0 amide bonds. The van der Waals surface area contributed by atoms with Gasteiger partial charge in [-0.15, -0.1) is 0 Å². The largest absolute Gasteiger partial charge is 0.473 e. The van der Waals surface area contributed by atoms with Crippen molar-refractivity contribution in [1.82, 2.24) is 14.5 Å². The normalized spacial score (nSPS) is 19.0. The quantitative estimate of drug-likeness (QED) is 0.480. The summed E-state index contributed by atoms with van der Waals surface area (Å²) in [6.45, 7) is 3.13. The number of halogens is 5. The number of hydrogen-bond acceptors (Lipinski definition) is 6. The van der Waals surface area contributed by atoms with Gasteiger partial charge in [-0.3, -0.25) is 9.55 Å². The Morgan fingerprint density at radius 1 is 1.14 bits per heavy atom. The maximum Gasteiger partial charge on any atom is 0.433 e. The summed E-state index contributed by atoms with van der Waals surface area (Å²) in [7, 11) is 0. The number of nitrogens with zero attached hydrogens (tertiary/aromatic N) is 4. The van der Waals surface area contributed by atoms with Crippen molar-refractivity contribution in [2.75, 3.05) is 11.4 Å². The lowest BCUT2D eigenvalue weighted by Gasteiger charge is -2.27. The van der Waals surface area contributed by atoms with Crippen LogP contribution >= 0.6 is 0 Å². The molecule has 1 fully saturated rings. The molecule has 7 nitrogen and oxygen atoms in total. The first-order valence-corrected chi connectivity index (χ1v) is 10.7. The minimum absolute atomic E-state index is 0.0232. The van der Waals surface area contributed by atoms with Crippen LogP contribution in [0.3, 0.4) is 0 Å². The lowest BCUT2D eigenvalue weighted by molar-refractivity contribution is -0.141. The van der Waals surface area contributed by atoms with Crippen molar-refractivity contribution in [2.24, 2.45) is 0 Å². The highest BCUT2D eigenvalue weighted by Crippen LogP contribution is 2.41. The highest BCUT2D eigenvalue weighted by Gasteiger charge is 2.44. The van der Waals surface area contributed by atoms with Gasteiger partial charge in [-0.2, -0.15) is 18.2 Å². The molecule has 4 heterocycles. The fourth-order valence-electron chi connectivity index (χ4n) is 4.54. The van der Waals surface area contributed by atoms with Gasteiger partial charge in [0.05, 0.1) is 12.1 Å². The Balaban J connectivity index is 1.33. The molecule has 3 aromatic rings. The minimum atomic E-state index is -4.74. The zero-order valence-electron chi connectivity index (χ0n) is 18.4. The number of alkyl halides is 3. The van der Waals surface area contributed by atoms with Crippen molar-refractivity contribution >= 4 is 5.82 Å². The van der Waals surface area contributed by atoms with E-state index < -0.39 is 40.7 Å². The predicted octanol–water partition coefficient (Wildman–Crippen LogP) is 4.68. The molecule has 184 valence electrons. The molecule has 0 aliphatic carbocycles. The average molecular weight is 494 g/mol. The van der Waals surface area contributed by atoms with Crippen LogP contribution in [0.25, 0.3) is 0 Å². The lowest BCUT2D eigenvalue weighted by Crippen LogP contribution is -2.38. The maximum absolute atomic E-state index is 14.6. The molecule has 0 N–H and O–H groups in total. The second-order valence-electron chi connectivity index (χ2n) is 8.73. The number of aromatic nitrogens is 3. The van der Waals surface area contributed by atoms with Crippen LogP contribution in [0.5, 0.6) is 17.4 Å². The van der Waals surface area contributed by atoms with Gasteiger partial charge in [0, 0.05) is 24.9 Å². The number of ether oxygens (including phenoxy) is 2. The van der Waals surface area contributed by atoms with E-state index in [2.05, 4.69) is 21.8 Å². The van der Waals surface area contributed by atoms with Gasteiger partial charge >= 0.3 is 11.9 Å². The SMILES string of the molecule is CC12CCCN1c1cc(OCc3cc(F)c(Oc4ccnc(C(F)(F)F)c4)c(F)c3)nc(=O)n1C2. The minimum Gasteiger partial charge on any atom is -0.473 e. The van der Waals surface area contributed by atoms with E-state index in [-0.39, 0.29) is 23.6 Å². The van der Waals surface area contributed by atoms with Crippen molar-refractivity contribution < 1.29 is 31.4 Å². The summed E-state index contributed by atoms with van der Waals surface area (Å²) in [4.78, 5) is 21.7. The predicted molar refractivity (Wildman–Crippen MR) is 113 cm³/mol. The number of benzene rings is 1. The maximum atomic E-state index is 14.6. The summed E-state index contributed by atoms with van der Waals surface area (Å²) >= 11 is 0. The molecule has 2 aromatic heterocycles.